The number of guanidine groups is 1. The van der Waals surface area contributed by atoms with Crippen LogP contribution >= 0.6 is 0 Å². The summed E-state index contributed by atoms with van der Waals surface area (Å²) >= 11 is 0. The fraction of sp³-hybridized carbons (Fsp3) is 0.632. The van der Waals surface area contributed by atoms with Gasteiger partial charge in [0.25, 0.3) is 0 Å². The highest BCUT2D eigenvalue weighted by atomic mass is 16.5. The second-order valence-electron chi connectivity index (χ2n) is 6.19. The van der Waals surface area contributed by atoms with Crippen molar-refractivity contribution in [2.75, 3.05) is 53.7 Å². The van der Waals surface area contributed by atoms with Gasteiger partial charge in [-0.25, -0.2) is 4.99 Å². The predicted molar refractivity (Wildman–Crippen MR) is 100 cm³/mol. The number of likely N-dealkylation sites (tertiary alicyclic amines) is 1. The van der Waals surface area contributed by atoms with Gasteiger partial charge in [0.1, 0.15) is 5.75 Å². The van der Waals surface area contributed by atoms with E-state index in [1.54, 1.807) is 14.2 Å². The maximum Gasteiger partial charge on any atom is 0.194 e. The summed E-state index contributed by atoms with van der Waals surface area (Å²) in [6.07, 6.45) is 1.14. The summed E-state index contributed by atoms with van der Waals surface area (Å²) in [5.74, 6) is 2.40. The van der Waals surface area contributed by atoms with Crippen LogP contribution in [0.15, 0.2) is 29.3 Å². The van der Waals surface area contributed by atoms with E-state index in [4.69, 9.17) is 19.2 Å². The van der Waals surface area contributed by atoms with Crippen molar-refractivity contribution < 1.29 is 14.2 Å². The Labute approximate surface area is 151 Å². The average molecular weight is 349 g/mol. The van der Waals surface area contributed by atoms with Gasteiger partial charge in [0.05, 0.1) is 33.5 Å². The van der Waals surface area contributed by atoms with Gasteiger partial charge in [-0.1, -0.05) is 12.1 Å². The zero-order valence-electron chi connectivity index (χ0n) is 15.7. The Morgan fingerprint density at radius 1 is 1.32 bits per heavy atom. The average Bonchev–Trinajstić information content (AvgIpc) is 3.11. The zero-order valence-corrected chi connectivity index (χ0v) is 15.7. The fourth-order valence-corrected chi connectivity index (χ4v) is 2.92. The maximum atomic E-state index is 5.67. The molecule has 1 aliphatic rings. The minimum absolute atomic E-state index is 0.553. The third-order valence-electron chi connectivity index (χ3n) is 4.25. The van der Waals surface area contributed by atoms with E-state index in [-0.39, 0.29) is 0 Å². The zero-order chi connectivity index (χ0) is 17.9. The van der Waals surface area contributed by atoms with Crippen molar-refractivity contribution in [1.29, 1.82) is 0 Å². The van der Waals surface area contributed by atoms with Crippen molar-refractivity contribution in [2.24, 2.45) is 10.9 Å². The van der Waals surface area contributed by atoms with E-state index in [9.17, 15) is 0 Å². The summed E-state index contributed by atoms with van der Waals surface area (Å²) in [5.41, 5.74) is 1.15. The molecule has 1 unspecified atom stereocenters. The number of aliphatic imine (C=N–C) groups is 1. The topological polar surface area (TPSA) is 55.3 Å². The van der Waals surface area contributed by atoms with Crippen molar-refractivity contribution in [2.45, 2.75) is 19.9 Å². The first-order valence-electron chi connectivity index (χ1n) is 8.99. The summed E-state index contributed by atoms with van der Waals surface area (Å²) in [5, 5.41) is 3.40. The summed E-state index contributed by atoms with van der Waals surface area (Å²) < 4.78 is 16.0. The van der Waals surface area contributed by atoms with Crippen molar-refractivity contribution in [3.05, 3.63) is 29.8 Å². The number of rotatable bonds is 9. The minimum Gasteiger partial charge on any atom is -0.497 e. The van der Waals surface area contributed by atoms with Crippen LogP contribution in [0.1, 0.15) is 18.9 Å². The monoisotopic (exact) mass is 349 g/mol. The molecule has 0 saturated carbocycles. The largest absolute Gasteiger partial charge is 0.497 e. The SMILES string of the molecule is CCNC(=NCc1cccc(OC)c1)N1CCC(COCCOC)C1. The Morgan fingerprint density at radius 3 is 2.96 bits per heavy atom. The lowest BCUT2D eigenvalue weighted by Crippen LogP contribution is -2.40. The Bertz CT molecular complexity index is 536. The summed E-state index contributed by atoms with van der Waals surface area (Å²) in [6.45, 7) is 7.71. The third-order valence-corrected chi connectivity index (χ3v) is 4.25. The molecule has 6 nitrogen and oxygen atoms in total. The second kappa shape index (κ2) is 10.9. The highest BCUT2D eigenvalue weighted by Gasteiger charge is 2.24. The molecule has 1 aromatic carbocycles. The summed E-state index contributed by atoms with van der Waals surface area (Å²) in [6, 6.07) is 8.06. The minimum atomic E-state index is 0.553. The first-order valence-corrected chi connectivity index (χ1v) is 8.99. The Hall–Kier alpha value is -1.79. The van der Waals surface area contributed by atoms with Crippen LogP contribution in [0, 0.1) is 5.92 Å². The normalized spacial score (nSPS) is 17.8. The number of methoxy groups -OCH3 is 2. The van der Waals surface area contributed by atoms with E-state index in [0.717, 1.165) is 49.9 Å². The van der Waals surface area contributed by atoms with Gasteiger partial charge < -0.3 is 24.4 Å². The molecule has 0 aromatic heterocycles. The van der Waals surface area contributed by atoms with Gasteiger partial charge in [-0.15, -0.1) is 0 Å². The van der Waals surface area contributed by atoms with Crippen LogP contribution in [0.4, 0.5) is 0 Å². The van der Waals surface area contributed by atoms with Crippen LogP contribution < -0.4 is 10.1 Å². The molecule has 0 radical (unpaired) electrons. The standard InChI is InChI=1S/C19H31N3O3/c1-4-20-19(21-13-16-6-5-7-18(12-16)24-3)22-9-8-17(14-22)15-25-11-10-23-2/h5-7,12,17H,4,8-11,13-15H2,1-3H3,(H,20,21). The van der Waals surface area contributed by atoms with Crippen molar-refractivity contribution in [3.8, 4) is 5.75 Å². The Morgan fingerprint density at radius 2 is 2.20 bits per heavy atom. The van der Waals surface area contributed by atoms with Crippen LogP contribution in [0.3, 0.4) is 0 Å². The lowest BCUT2D eigenvalue weighted by atomic mass is 10.1. The molecule has 1 N–H and O–H groups in total. The van der Waals surface area contributed by atoms with Gasteiger partial charge in [0, 0.05) is 32.7 Å². The van der Waals surface area contributed by atoms with Crippen molar-refractivity contribution in [3.63, 3.8) is 0 Å². The van der Waals surface area contributed by atoms with E-state index in [0.29, 0.717) is 25.7 Å². The molecule has 25 heavy (non-hydrogen) atoms. The third kappa shape index (κ3) is 6.55. The predicted octanol–water partition coefficient (Wildman–Crippen LogP) is 2.15. The van der Waals surface area contributed by atoms with Gasteiger partial charge in [-0.05, 0) is 31.0 Å². The van der Waals surface area contributed by atoms with Gasteiger partial charge in [-0.2, -0.15) is 0 Å². The number of ether oxygens (including phenoxy) is 3. The van der Waals surface area contributed by atoms with Gasteiger partial charge >= 0.3 is 0 Å². The molecule has 140 valence electrons. The molecule has 1 heterocycles. The van der Waals surface area contributed by atoms with Crippen LogP contribution in [0.2, 0.25) is 0 Å². The lowest BCUT2D eigenvalue weighted by Gasteiger charge is -2.21. The Kier molecular flexibility index (Phi) is 8.55. The Balaban J connectivity index is 1.89. The number of hydrogen-bond donors (Lipinski definition) is 1. The van der Waals surface area contributed by atoms with E-state index >= 15 is 0 Å². The molecule has 1 fully saturated rings. The number of nitrogens with one attached hydrogen (secondary N) is 1. The molecule has 1 aromatic rings. The number of benzene rings is 1. The van der Waals surface area contributed by atoms with Gasteiger partial charge in [0.2, 0.25) is 0 Å². The van der Waals surface area contributed by atoms with E-state index in [1.807, 2.05) is 18.2 Å². The second-order valence-corrected chi connectivity index (χ2v) is 6.19. The highest BCUT2D eigenvalue weighted by molar-refractivity contribution is 5.80. The van der Waals surface area contributed by atoms with Crippen LogP contribution in [-0.2, 0) is 16.0 Å². The lowest BCUT2D eigenvalue weighted by molar-refractivity contribution is 0.0536. The summed E-state index contributed by atoms with van der Waals surface area (Å²) in [7, 11) is 3.38. The number of nitrogens with zero attached hydrogens (tertiary/aromatic N) is 2. The summed E-state index contributed by atoms with van der Waals surface area (Å²) in [4.78, 5) is 7.13. The van der Waals surface area contributed by atoms with Gasteiger partial charge in [-0.3, -0.25) is 0 Å². The molecule has 6 heteroatoms. The van der Waals surface area contributed by atoms with E-state index < -0.39 is 0 Å². The first kappa shape index (κ1) is 19.5. The van der Waals surface area contributed by atoms with Crippen LogP contribution in [0.5, 0.6) is 5.75 Å². The highest BCUT2D eigenvalue weighted by Crippen LogP contribution is 2.18. The van der Waals surface area contributed by atoms with E-state index in [1.165, 1.54) is 0 Å². The smallest absolute Gasteiger partial charge is 0.194 e. The maximum absolute atomic E-state index is 5.67. The molecule has 0 spiro atoms. The molecule has 0 amide bonds. The number of hydrogen-bond acceptors (Lipinski definition) is 4. The van der Waals surface area contributed by atoms with Gasteiger partial charge in [0.15, 0.2) is 5.96 Å². The molecule has 1 aliphatic heterocycles. The van der Waals surface area contributed by atoms with Crippen molar-refractivity contribution in [1.82, 2.24) is 10.2 Å². The molecule has 1 atom stereocenters. The molecule has 0 bridgehead atoms. The molecule has 0 aliphatic carbocycles. The molecular weight excluding hydrogens is 318 g/mol. The van der Waals surface area contributed by atoms with Crippen LogP contribution in [0.25, 0.3) is 0 Å². The van der Waals surface area contributed by atoms with Crippen molar-refractivity contribution >= 4 is 5.96 Å². The quantitative estimate of drug-likeness (QED) is 0.421. The molecular formula is C19H31N3O3. The van der Waals surface area contributed by atoms with E-state index in [2.05, 4.69) is 23.2 Å². The first-order chi connectivity index (χ1) is 12.3. The molecule has 2 rings (SSSR count). The van der Waals surface area contributed by atoms with Crippen LogP contribution in [-0.4, -0.2) is 64.5 Å². The molecule has 1 saturated heterocycles. The fourth-order valence-electron chi connectivity index (χ4n) is 2.92.